The smallest absolute Gasteiger partial charge is 0.264 e. The molecule has 0 fully saturated rings. The molecule has 0 aliphatic carbocycles. The molecule has 2 amide bonds. The lowest BCUT2D eigenvalue weighted by Crippen LogP contribution is -2.53. The van der Waals surface area contributed by atoms with E-state index in [4.69, 9.17) is 16.3 Å². The molecule has 0 bridgehead atoms. The second-order valence-electron chi connectivity index (χ2n) is 9.39. The number of halogens is 1. The summed E-state index contributed by atoms with van der Waals surface area (Å²) in [6.07, 6.45) is 1.05. The summed E-state index contributed by atoms with van der Waals surface area (Å²) in [6.45, 7) is 5.19. The highest BCUT2D eigenvalue weighted by atomic mass is 35.5. The van der Waals surface area contributed by atoms with Gasteiger partial charge in [-0.2, -0.15) is 0 Å². The molecular weight excluding hydrogens is 550 g/mol. The SMILES string of the molecule is CC[C@@H](C)NC(=O)[C@@H](CC)N(Cc1cccc(OC)c1)C(=O)CN(c1ccccc1Cl)S(=O)(=O)c1ccccc1. The number of rotatable bonds is 13. The molecule has 8 nitrogen and oxygen atoms in total. The molecule has 3 aromatic carbocycles. The fourth-order valence-corrected chi connectivity index (χ4v) is 5.96. The zero-order valence-corrected chi connectivity index (χ0v) is 24.8. The largest absolute Gasteiger partial charge is 0.497 e. The van der Waals surface area contributed by atoms with Crippen LogP contribution in [0.25, 0.3) is 0 Å². The van der Waals surface area contributed by atoms with Gasteiger partial charge >= 0.3 is 0 Å². The summed E-state index contributed by atoms with van der Waals surface area (Å²) in [7, 11) is -2.64. The van der Waals surface area contributed by atoms with E-state index in [-0.39, 0.29) is 34.1 Å². The molecule has 3 aromatic rings. The lowest BCUT2D eigenvalue weighted by Gasteiger charge is -2.34. The summed E-state index contributed by atoms with van der Waals surface area (Å²) in [4.78, 5) is 28.9. The maximum Gasteiger partial charge on any atom is 0.264 e. The number of ether oxygens (including phenoxy) is 1. The number of hydrogen-bond donors (Lipinski definition) is 1. The van der Waals surface area contributed by atoms with Gasteiger partial charge in [-0.15, -0.1) is 0 Å². The van der Waals surface area contributed by atoms with Crippen molar-refractivity contribution in [1.82, 2.24) is 10.2 Å². The van der Waals surface area contributed by atoms with E-state index in [1.54, 1.807) is 67.8 Å². The van der Waals surface area contributed by atoms with Crippen molar-refractivity contribution in [3.05, 3.63) is 89.4 Å². The Morgan fingerprint density at radius 2 is 1.62 bits per heavy atom. The Labute approximate surface area is 241 Å². The molecule has 0 saturated heterocycles. The molecule has 0 heterocycles. The van der Waals surface area contributed by atoms with Gasteiger partial charge in [-0.3, -0.25) is 13.9 Å². The summed E-state index contributed by atoms with van der Waals surface area (Å²) in [6, 6.07) is 20.6. The van der Waals surface area contributed by atoms with Crippen LogP contribution in [-0.2, 0) is 26.2 Å². The van der Waals surface area contributed by atoms with Crippen molar-refractivity contribution in [3.63, 3.8) is 0 Å². The molecule has 40 heavy (non-hydrogen) atoms. The Morgan fingerprint density at radius 1 is 0.950 bits per heavy atom. The molecule has 0 spiro atoms. The Morgan fingerprint density at radius 3 is 2.25 bits per heavy atom. The molecule has 0 saturated carbocycles. The van der Waals surface area contributed by atoms with Gasteiger partial charge in [-0.25, -0.2) is 8.42 Å². The second-order valence-corrected chi connectivity index (χ2v) is 11.7. The number of nitrogens with one attached hydrogen (secondary N) is 1. The van der Waals surface area contributed by atoms with Gasteiger partial charge in [0, 0.05) is 12.6 Å². The molecule has 0 aliphatic rings. The summed E-state index contributed by atoms with van der Waals surface area (Å²) >= 11 is 6.44. The number of para-hydroxylation sites is 1. The van der Waals surface area contributed by atoms with E-state index in [9.17, 15) is 18.0 Å². The first-order chi connectivity index (χ1) is 19.1. The number of benzene rings is 3. The molecule has 0 radical (unpaired) electrons. The number of sulfonamides is 1. The number of methoxy groups -OCH3 is 1. The number of carbonyl (C=O) groups excluding carboxylic acids is 2. The van der Waals surface area contributed by atoms with Gasteiger partial charge < -0.3 is 15.0 Å². The van der Waals surface area contributed by atoms with E-state index in [0.29, 0.717) is 12.2 Å². The second kappa shape index (κ2) is 14.2. The number of hydrogen-bond acceptors (Lipinski definition) is 5. The van der Waals surface area contributed by atoms with Crippen LogP contribution in [0.2, 0.25) is 5.02 Å². The summed E-state index contributed by atoms with van der Waals surface area (Å²) < 4.78 is 34.0. The fraction of sp³-hybridized carbons (Fsp3) is 0.333. The summed E-state index contributed by atoms with van der Waals surface area (Å²) in [5.74, 6) is -0.247. The molecule has 214 valence electrons. The predicted molar refractivity (Wildman–Crippen MR) is 158 cm³/mol. The molecular formula is C30H36ClN3O5S. The Kier molecular flexibility index (Phi) is 11.0. The number of anilines is 1. The molecule has 3 rings (SSSR count). The van der Waals surface area contributed by atoms with Crippen LogP contribution in [-0.4, -0.2) is 50.9 Å². The van der Waals surface area contributed by atoms with E-state index in [1.165, 1.54) is 17.0 Å². The zero-order valence-electron chi connectivity index (χ0n) is 23.2. The maximum absolute atomic E-state index is 14.1. The first kappa shape index (κ1) is 31.0. The van der Waals surface area contributed by atoms with Crippen LogP contribution in [0.5, 0.6) is 5.75 Å². The molecule has 2 atom stereocenters. The van der Waals surface area contributed by atoms with Crippen LogP contribution in [0.4, 0.5) is 5.69 Å². The summed E-state index contributed by atoms with van der Waals surface area (Å²) in [5, 5.41) is 3.14. The third kappa shape index (κ3) is 7.55. The lowest BCUT2D eigenvalue weighted by atomic mass is 10.1. The van der Waals surface area contributed by atoms with Gasteiger partial charge in [-0.1, -0.05) is 67.9 Å². The Bertz CT molecular complexity index is 1400. The van der Waals surface area contributed by atoms with Crippen molar-refractivity contribution in [2.24, 2.45) is 0 Å². The van der Waals surface area contributed by atoms with Crippen LogP contribution in [0, 0.1) is 0 Å². The van der Waals surface area contributed by atoms with Crippen LogP contribution in [0.15, 0.2) is 83.8 Å². The number of carbonyl (C=O) groups is 2. The topological polar surface area (TPSA) is 96.0 Å². The van der Waals surface area contributed by atoms with Crippen LogP contribution < -0.4 is 14.4 Å². The van der Waals surface area contributed by atoms with Crippen molar-refractivity contribution in [2.45, 2.75) is 57.1 Å². The van der Waals surface area contributed by atoms with E-state index in [2.05, 4.69) is 5.32 Å². The molecule has 0 aromatic heterocycles. The van der Waals surface area contributed by atoms with Gasteiger partial charge in [0.2, 0.25) is 11.8 Å². The van der Waals surface area contributed by atoms with Gasteiger partial charge in [0.25, 0.3) is 10.0 Å². The molecule has 1 N–H and O–H groups in total. The average molecular weight is 586 g/mol. The van der Waals surface area contributed by atoms with E-state index in [1.807, 2.05) is 26.8 Å². The third-order valence-corrected chi connectivity index (χ3v) is 8.70. The summed E-state index contributed by atoms with van der Waals surface area (Å²) in [5.41, 5.74) is 0.900. The molecule has 0 unspecified atom stereocenters. The van der Waals surface area contributed by atoms with Crippen LogP contribution in [0.3, 0.4) is 0 Å². The fourth-order valence-electron chi connectivity index (χ4n) is 4.22. The first-order valence-electron chi connectivity index (χ1n) is 13.2. The van der Waals surface area contributed by atoms with Crippen LogP contribution >= 0.6 is 11.6 Å². The van der Waals surface area contributed by atoms with Crippen molar-refractivity contribution in [1.29, 1.82) is 0 Å². The highest BCUT2D eigenvalue weighted by Gasteiger charge is 2.34. The highest BCUT2D eigenvalue weighted by Crippen LogP contribution is 2.31. The van der Waals surface area contributed by atoms with Crippen LogP contribution in [0.1, 0.15) is 39.2 Å². The van der Waals surface area contributed by atoms with Gasteiger partial charge in [0.15, 0.2) is 0 Å². The van der Waals surface area contributed by atoms with Crippen molar-refractivity contribution in [2.75, 3.05) is 18.0 Å². The quantitative estimate of drug-likeness (QED) is 0.295. The number of amides is 2. The van der Waals surface area contributed by atoms with Crippen molar-refractivity contribution in [3.8, 4) is 5.75 Å². The Balaban J connectivity index is 2.07. The predicted octanol–water partition coefficient (Wildman–Crippen LogP) is 5.27. The highest BCUT2D eigenvalue weighted by molar-refractivity contribution is 7.92. The minimum Gasteiger partial charge on any atom is -0.497 e. The lowest BCUT2D eigenvalue weighted by molar-refractivity contribution is -0.140. The van der Waals surface area contributed by atoms with Gasteiger partial charge in [0.1, 0.15) is 18.3 Å². The van der Waals surface area contributed by atoms with Crippen molar-refractivity contribution < 1.29 is 22.7 Å². The first-order valence-corrected chi connectivity index (χ1v) is 15.0. The molecule has 0 aliphatic heterocycles. The van der Waals surface area contributed by atoms with E-state index < -0.39 is 28.5 Å². The zero-order chi connectivity index (χ0) is 29.3. The van der Waals surface area contributed by atoms with Gasteiger partial charge in [0.05, 0.1) is 22.7 Å². The minimum atomic E-state index is -4.18. The Hall–Kier alpha value is -3.56. The monoisotopic (exact) mass is 585 g/mol. The van der Waals surface area contributed by atoms with E-state index in [0.717, 1.165) is 16.3 Å². The third-order valence-electron chi connectivity index (χ3n) is 6.61. The number of nitrogens with zero attached hydrogens (tertiary/aromatic N) is 2. The average Bonchev–Trinajstić information content (AvgIpc) is 2.96. The van der Waals surface area contributed by atoms with Gasteiger partial charge in [-0.05, 0) is 61.7 Å². The molecule has 10 heteroatoms. The minimum absolute atomic E-state index is 0.0172. The van der Waals surface area contributed by atoms with E-state index >= 15 is 0 Å². The van der Waals surface area contributed by atoms with Crippen molar-refractivity contribution >= 4 is 39.1 Å². The maximum atomic E-state index is 14.1. The normalized spacial score (nSPS) is 12.7. The standard InChI is InChI=1S/C30H36ClN3O5S/c1-5-22(3)32-30(36)27(6-2)33(20-23-13-12-14-24(19-23)39-4)29(35)21-34(28-18-11-10-17-26(28)31)40(37,38)25-15-8-7-9-16-25/h7-19,22,27H,5-6,20-21H2,1-4H3,(H,32,36)/t22-,27-/m1/s1.